The maximum absolute atomic E-state index is 4.43. The zero-order valence-corrected chi connectivity index (χ0v) is 13.5. The average Bonchev–Trinajstić information content (AvgIpc) is 2.40. The Morgan fingerprint density at radius 3 is 2.50 bits per heavy atom. The third-order valence-electron chi connectivity index (χ3n) is 3.18. The van der Waals surface area contributed by atoms with Crippen LogP contribution >= 0.6 is 0 Å². The highest BCUT2D eigenvalue weighted by atomic mass is 15.1. The molecule has 1 aromatic heterocycles. The second-order valence-corrected chi connectivity index (χ2v) is 5.47. The van der Waals surface area contributed by atoms with Gasteiger partial charge < -0.3 is 15.5 Å². The van der Waals surface area contributed by atoms with Gasteiger partial charge in [-0.05, 0) is 47.3 Å². The molecule has 0 radical (unpaired) electrons. The predicted molar refractivity (Wildman–Crippen MR) is 86.4 cm³/mol. The van der Waals surface area contributed by atoms with Gasteiger partial charge in [-0.1, -0.05) is 13.3 Å². The summed E-state index contributed by atoms with van der Waals surface area (Å²) in [7, 11) is 4.20. The van der Waals surface area contributed by atoms with Gasteiger partial charge in [0.25, 0.3) is 0 Å². The molecule has 0 saturated carbocycles. The zero-order valence-electron chi connectivity index (χ0n) is 13.5. The van der Waals surface area contributed by atoms with E-state index >= 15 is 0 Å². The lowest BCUT2D eigenvalue weighted by molar-refractivity contribution is 0.390. The van der Waals surface area contributed by atoms with Crippen LogP contribution in [0, 0.1) is 0 Å². The summed E-state index contributed by atoms with van der Waals surface area (Å²) in [5.74, 6) is 1.94. The topological polar surface area (TPSA) is 53.1 Å². The molecule has 0 fully saturated rings. The first-order chi connectivity index (χ1) is 9.58. The SMILES string of the molecule is CCCc1c(NCC)ncnc1NC(C)CCN(C)C. The minimum Gasteiger partial charge on any atom is -0.370 e. The van der Waals surface area contributed by atoms with Crippen LogP contribution in [0.1, 0.15) is 39.2 Å². The first kappa shape index (κ1) is 16.7. The van der Waals surface area contributed by atoms with Gasteiger partial charge in [-0.2, -0.15) is 0 Å². The monoisotopic (exact) mass is 279 g/mol. The van der Waals surface area contributed by atoms with Crippen molar-refractivity contribution in [2.45, 2.75) is 46.1 Å². The maximum atomic E-state index is 4.43. The van der Waals surface area contributed by atoms with E-state index in [1.807, 2.05) is 0 Å². The van der Waals surface area contributed by atoms with E-state index in [2.05, 4.69) is 60.4 Å². The Labute approximate surface area is 123 Å². The molecule has 1 aromatic rings. The first-order valence-electron chi connectivity index (χ1n) is 7.57. The van der Waals surface area contributed by atoms with Crippen LogP contribution in [-0.2, 0) is 6.42 Å². The predicted octanol–water partition coefficient (Wildman–Crippen LogP) is 2.61. The van der Waals surface area contributed by atoms with Crippen molar-refractivity contribution in [3.05, 3.63) is 11.9 Å². The first-order valence-corrected chi connectivity index (χ1v) is 7.57. The van der Waals surface area contributed by atoms with Gasteiger partial charge in [-0.25, -0.2) is 9.97 Å². The molecule has 1 atom stereocenters. The van der Waals surface area contributed by atoms with Crippen LogP contribution in [0.5, 0.6) is 0 Å². The number of hydrogen-bond donors (Lipinski definition) is 2. The van der Waals surface area contributed by atoms with Gasteiger partial charge in [0.15, 0.2) is 0 Å². The fraction of sp³-hybridized carbons (Fsp3) is 0.733. The summed E-state index contributed by atoms with van der Waals surface area (Å²) in [6.07, 6.45) is 4.82. The molecular formula is C15H29N5. The van der Waals surface area contributed by atoms with E-state index in [1.54, 1.807) is 6.33 Å². The molecule has 0 spiro atoms. The van der Waals surface area contributed by atoms with Crippen molar-refractivity contribution < 1.29 is 0 Å². The third-order valence-corrected chi connectivity index (χ3v) is 3.18. The van der Waals surface area contributed by atoms with Crippen LogP contribution in [0.2, 0.25) is 0 Å². The molecule has 0 saturated heterocycles. The number of nitrogens with one attached hydrogen (secondary N) is 2. The van der Waals surface area contributed by atoms with Gasteiger partial charge in [0.05, 0.1) is 0 Å². The molecule has 2 N–H and O–H groups in total. The van der Waals surface area contributed by atoms with E-state index < -0.39 is 0 Å². The summed E-state index contributed by atoms with van der Waals surface area (Å²) in [6, 6.07) is 0.400. The largest absolute Gasteiger partial charge is 0.370 e. The fourth-order valence-corrected chi connectivity index (χ4v) is 2.10. The molecule has 0 aliphatic heterocycles. The number of nitrogens with zero attached hydrogens (tertiary/aromatic N) is 3. The van der Waals surface area contributed by atoms with Gasteiger partial charge in [0.2, 0.25) is 0 Å². The van der Waals surface area contributed by atoms with E-state index in [4.69, 9.17) is 0 Å². The molecule has 0 bridgehead atoms. The molecule has 1 rings (SSSR count). The molecule has 20 heavy (non-hydrogen) atoms. The van der Waals surface area contributed by atoms with Gasteiger partial charge in [0, 0.05) is 18.2 Å². The Bertz CT molecular complexity index is 392. The Kier molecular flexibility index (Phi) is 7.30. The van der Waals surface area contributed by atoms with Crippen LogP contribution < -0.4 is 10.6 Å². The smallest absolute Gasteiger partial charge is 0.134 e. The molecular weight excluding hydrogens is 250 g/mol. The quantitative estimate of drug-likeness (QED) is 0.728. The number of rotatable bonds is 9. The Balaban J connectivity index is 2.79. The van der Waals surface area contributed by atoms with E-state index in [9.17, 15) is 0 Å². The molecule has 1 heterocycles. The van der Waals surface area contributed by atoms with Gasteiger partial charge in [-0.15, -0.1) is 0 Å². The normalized spacial score (nSPS) is 12.5. The maximum Gasteiger partial charge on any atom is 0.134 e. The number of aromatic nitrogens is 2. The molecule has 1 unspecified atom stereocenters. The lowest BCUT2D eigenvalue weighted by atomic mass is 10.1. The minimum absolute atomic E-state index is 0.400. The fourth-order valence-electron chi connectivity index (χ4n) is 2.10. The summed E-state index contributed by atoms with van der Waals surface area (Å²) in [4.78, 5) is 11.0. The average molecular weight is 279 g/mol. The van der Waals surface area contributed by atoms with Crippen molar-refractivity contribution in [2.75, 3.05) is 37.8 Å². The highest BCUT2D eigenvalue weighted by Gasteiger charge is 2.12. The Hall–Kier alpha value is -1.36. The standard InChI is InChI=1S/C15H29N5/c1-6-8-13-14(16-7-2)17-11-18-15(13)19-12(3)9-10-20(4)5/h11-12H,6-10H2,1-5H3,(H2,16,17,18,19). The van der Waals surface area contributed by atoms with Crippen molar-refractivity contribution in [3.8, 4) is 0 Å². The van der Waals surface area contributed by atoms with Crippen LogP contribution in [0.3, 0.4) is 0 Å². The van der Waals surface area contributed by atoms with Gasteiger partial charge >= 0.3 is 0 Å². The zero-order chi connectivity index (χ0) is 15.0. The van der Waals surface area contributed by atoms with Gasteiger partial charge in [-0.3, -0.25) is 0 Å². The second-order valence-electron chi connectivity index (χ2n) is 5.47. The summed E-state index contributed by atoms with van der Waals surface area (Å²) in [5.41, 5.74) is 1.20. The van der Waals surface area contributed by atoms with E-state index in [0.717, 1.165) is 44.0 Å². The van der Waals surface area contributed by atoms with E-state index in [-0.39, 0.29) is 0 Å². The molecule has 0 amide bonds. The van der Waals surface area contributed by atoms with E-state index in [1.165, 1.54) is 5.56 Å². The lowest BCUT2D eigenvalue weighted by Gasteiger charge is -2.20. The van der Waals surface area contributed by atoms with Crippen LogP contribution in [0.25, 0.3) is 0 Å². The van der Waals surface area contributed by atoms with Crippen LogP contribution in [0.4, 0.5) is 11.6 Å². The minimum atomic E-state index is 0.400. The van der Waals surface area contributed by atoms with E-state index in [0.29, 0.717) is 6.04 Å². The molecule has 5 heteroatoms. The second kappa shape index (κ2) is 8.74. The van der Waals surface area contributed by atoms with Crippen molar-refractivity contribution >= 4 is 11.6 Å². The summed E-state index contributed by atoms with van der Waals surface area (Å²) in [5, 5.41) is 6.86. The third kappa shape index (κ3) is 5.33. The molecule has 5 nitrogen and oxygen atoms in total. The summed E-state index contributed by atoms with van der Waals surface area (Å²) in [6.45, 7) is 8.42. The van der Waals surface area contributed by atoms with Crippen molar-refractivity contribution in [2.24, 2.45) is 0 Å². The number of anilines is 2. The van der Waals surface area contributed by atoms with Crippen molar-refractivity contribution in [1.82, 2.24) is 14.9 Å². The van der Waals surface area contributed by atoms with Crippen molar-refractivity contribution in [3.63, 3.8) is 0 Å². The molecule has 0 aliphatic rings. The Morgan fingerprint density at radius 1 is 1.20 bits per heavy atom. The highest BCUT2D eigenvalue weighted by molar-refractivity contribution is 5.57. The summed E-state index contributed by atoms with van der Waals surface area (Å²) >= 11 is 0. The molecule has 0 aliphatic carbocycles. The molecule has 0 aromatic carbocycles. The number of hydrogen-bond acceptors (Lipinski definition) is 5. The Morgan fingerprint density at radius 2 is 1.90 bits per heavy atom. The van der Waals surface area contributed by atoms with Crippen molar-refractivity contribution in [1.29, 1.82) is 0 Å². The molecule has 114 valence electrons. The lowest BCUT2D eigenvalue weighted by Crippen LogP contribution is -2.24. The van der Waals surface area contributed by atoms with Crippen LogP contribution in [0.15, 0.2) is 6.33 Å². The summed E-state index contributed by atoms with van der Waals surface area (Å²) < 4.78 is 0. The van der Waals surface area contributed by atoms with Gasteiger partial charge in [0.1, 0.15) is 18.0 Å². The highest BCUT2D eigenvalue weighted by Crippen LogP contribution is 2.22. The van der Waals surface area contributed by atoms with Crippen LogP contribution in [-0.4, -0.2) is 48.1 Å².